The van der Waals surface area contributed by atoms with Crippen LogP contribution in [0.4, 0.5) is 0 Å². The Kier molecular flexibility index (Phi) is 47.3. The van der Waals surface area contributed by atoms with Crippen LogP contribution in [-0.2, 0) is 27.9 Å². The Morgan fingerprint density at radius 3 is 1.34 bits per heavy atom. The van der Waals surface area contributed by atoms with E-state index in [1.807, 2.05) is 0 Å². The maximum absolute atomic E-state index is 12.2. The molecule has 1 amide bonds. The highest BCUT2D eigenvalue weighted by atomic mass is 31.2. The fourth-order valence-corrected chi connectivity index (χ4v) is 8.15. The second-order valence-corrected chi connectivity index (χ2v) is 19.0. The van der Waals surface area contributed by atoms with E-state index in [1.54, 1.807) is 0 Å². The van der Waals surface area contributed by atoms with Crippen molar-refractivity contribution in [3.05, 3.63) is 36.5 Å². The van der Waals surface area contributed by atoms with Crippen molar-refractivity contribution in [3.8, 4) is 0 Å². The number of hydrogen-bond acceptors (Lipinski definition) is 7. The molecular formula is C52H98NO8P. The van der Waals surface area contributed by atoms with Crippen molar-refractivity contribution >= 4 is 19.7 Å². The van der Waals surface area contributed by atoms with Crippen molar-refractivity contribution in [1.29, 1.82) is 0 Å². The highest BCUT2D eigenvalue weighted by Gasteiger charge is 2.23. The Hall–Kier alpha value is -1.77. The standard InChI is InChI=1S/C52H98NO8P/c1-3-5-7-9-11-13-15-17-19-21-23-25-26-28-30-32-34-36-38-40-42-44-51(55)53-46-47-60-62(57,58)61-49-50(54)48-59-52(56)45-43-41-39-37-35-33-31-29-27-24-22-20-18-16-14-12-10-8-6-4-2/h11,13,17,19,23,25,50,54H,3-10,12,14-16,18,20-22,24,26-49H2,1-2H3,(H,53,55)(H,57,58)/b13-11-,19-17-,25-23-. The van der Waals surface area contributed by atoms with Crippen molar-refractivity contribution in [2.45, 2.75) is 258 Å². The van der Waals surface area contributed by atoms with E-state index in [2.05, 4.69) is 55.6 Å². The van der Waals surface area contributed by atoms with Crippen LogP contribution in [0, 0.1) is 0 Å². The predicted molar refractivity (Wildman–Crippen MR) is 261 cm³/mol. The number of ether oxygens (including phenoxy) is 1. The number of unbranched alkanes of at least 4 members (excludes halogenated alkanes) is 30. The van der Waals surface area contributed by atoms with E-state index in [9.17, 15) is 24.2 Å². The minimum Gasteiger partial charge on any atom is -0.463 e. The van der Waals surface area contributed by atoms with E-state index in [4.69, 9.17) is 13.8 Å². The molecule has 0 aliphatic carbocycles. The summed E-state index contributed by atoms with van der Waals surface area (Å²) in [7, 11) is -4.42. The summed E-state index contributed by atoms with van der Waals surface area (Å²) >= 11 is 0. The number of allylic oxidation sites excluding steroid dienone is 6. The zero-order chi connectivity index (χ0) is 45.3. The summed E-state index contributed by atoms with van der Waals surface area (Å²) in [5, 5.41) is 12.8. The first-order valence-corrected chi connectivity index (χ1v) is 27.5. The van der Waals surface area contributed by atoms with Crippen LogP contribution in [0.25, 0.3) is 0 Å². The van der Waals surface area contributed by atoms with Gasteiger partial charge in [-0.15, -0.1) is 0 Å². The number of nitrogens with one attached hydrogen (secondary N) is 1. The number of esters is 1. The van der Waals surface area contributed by atoms with E-state index < -0.39 is 26.5 Å². The van der Waals surface area contributed by atoms with E-state index in [0.29, 0.717) is 6.42 Å². The van der Waals surface area contributed by atoms with Crippen LogP contribution in [0.15, 0.2) is 36.5 Å². The zero-order valence-corrected chi connectivity index (χ0v) is 41.2. The number of rotatable bonds is 49. The quantitative estimate of drug-likeness (QED) is 0.0238. The summed E-state index contributed by atoms with van der Waals surface area (Å²) in [5.41, 5.74) is 0. The minimum absolute atomic E-state index is 0.0785. The van der Waals surface area contributed by atoms with Crippen LogP contribution in [0.1, 0.15) is 251 Å². The smallest absolute Gasteiger partial charge is 0.463 e. The Bertz CT molecular complexity index is 1110. The van der Waals surface area contributed by atoms with Gasteiger partial charge in [-0.25, -0.2) is 4.57 Å². The van der Waals surface area contributed by atoms with E-state index in [1.165, 1.54) is 167 Å². The highest BCUT2D eigenvalue weighted by molar-refractivity contribution is 7.47. The minimum atomic E-state index is -4.42. The molecule has 0 heterocycles. The first kappa shape index (κ1) is 60.2. The molecule has 0 aliphatic rings. The van der Waals surface area contributed by atoms with Gasteiger partial charge < -0.3 is 20.1 Å². The molecule has 0 fully saturated rings. The summed E-state index contributed by atoms with van der Waals surface area (Å²) in [6.07, 6.45) is 56.5. The molecule has 9 nitrogen and oxygen atoms in total. The SMILES string of the molecule is CCCCC/C=C\C/C=C\C/C=C\CCCCCCCCCCC(=O)NCCOP(=O)(O)OCC(O)COC(=O)CCCCCCCCCCCCCCCCCCCCCC. The van der Waals surface area contributed by atoms with Crippen LogP contribution in [0.3, 0.4) is 0 Å². The Morgan fingerprint density at radius 2 is 0.871 bits per heavy atom. The molecule has 0 aliphatic heterocycles. The number of aliphatic hydroxyl groups excluding tert-OH is 1. The van der Waals surface area contributed by atoms with Crippen LogP contribution in [-0.4, -0.2) is 54.3 Å². The molecule has 2 atom stereocenters. The molecule has 0 spiro atoms. The van der Waals surface area contributed by atoms with Gasteiger partial charge in [0.05, 0.1) is 13.2 Å². The largest absolute Gasteiger partial charge is 0.472 e. The predicted octanol–water partition coefficient (Wildman–Crippen LogP) is 15.3. The molecule has 0 aromatic heterocycles. The highest BCUT2D eigenvalue weighted by Crippen LogP contribution is 2.42. The average Bonchev–Trinajstić information content (AvgIpc) is 3.26. The molecule has 0 saturated heterocycles. The summed E-state index contributed by atoms with van der Waals surface area (Å²) in [5.74, 6) is -0.514. The molecule has 364 valence electrons. The number of phosphoric acid groups is 1. The number of phosphoric ester groups is 1. The Balaban J connectivity index is 3.55. The van der Waals surface area contributed by atoms with Crippen LogP contribution >= 0.6 is 7.82 Å². The van der Waals surface area contributed by atoms with Gasteiger partial charge in [-0.2, -0.15) is 0 Å². The van der Waals surface area contributed by atoms with Gasteiger partial charge in [-0.1, -0.05) is 224 Å². The second-order valence-electron chi connectivity index (χ2n) is 17.5. The number of aliphatic hydroxyl groups is 1. The lowest BCUT2D eigenvalue weighted by Crippen LogP contribution is -2.27. The Morgan fingerprint density at radius 1 is 0.500 bits per heavy atom. The van der Waals surface area contributed by atoms with Crippen molar-refractivity contribution in [2.24, 2.45) is 0 Å². The topological polar surface area (TPSA) is 131 Å². The van der Waals surface area contributed by atoms with Crippen LogP contribution in [0.2, 0.25) is 0 Å². The van der Waals surface area contributed by atoms with Gasteiger partial charge >= 0.3 is 13.8 Å². The lowest BCUT2D eigenvalue weighted by atomic mass is 10.0. The molecule has 0 radical (unpaired) electrons. The molecule has 0 aromatic carbocycles. The molecule has 0 saturated carbocycles. The number of amides is 1. The van der Waals surface area contributed by atoms with Crippen molar-refractivity contribution in [2.75, 3.05) is 26.4 Å². The number of carbonyl (C=O) groups is 2. The third kappa shape index (κ3) is 49.2. The summed E-state index contributed by atoms with van der Waals surface area (Å²) in [6.45, 7) is 3.56. The molecule has 0 bridgehead atoms. The molecule has 10 heteroatoms. The normalized spacial score (nSPS) is 13.4. The molecule has 2 unspecified atom stereocenters. The molecule has 0 rings (SSSR count). The molecule has 62 heavy (non-hydrogen) atoms. The summed E-state index contributed by atoms with van der Waals surface area (Å²) in [4.78, 5) is 34.1. The maximum Gasteiger partial charge on any atom is 0.472 e. The monoisotopic (exact) mass is 896 g/mol. The Labute approximate surface area is 382 Å². The lowest BCUT2D eigenvalue weighted by molar-refractivity contribution is -0.147. The third-order valence-electron chi connectivity index (χ3n) is 11.3. The van der Waals surface area contributed by atoms with Crippen molar-refractivity contribution < 1.29 is 37.9 Å². The van der Waals surface area contributed by atoms with Gasteiger partial charge in [-0.3, -0.25) is 18.6 Å². The number of hydrogen-bond donors (Lipinski definition) is 3. The van der Waals surface area contributed by atoms with Crippen molar-refractivity contribution in [1.82, 2.24) is 5.32 Å². The fraction of sp³-hybridized carbons (Fsp3) is 0.846. The molecular weight excluding hydrogens is 798 g/mol. The van der Waals surface area contributed by atoms with Gasteiger partial charge in [0.15, 0.2) is 0 Å². The first-order valence-electron chi connectivity index (χ1n) is 26.0. The fourth-order valence-electron chi connectivity index (χ4n) is 7.39. The van der Waals surface area contributed by atoms with Gasteiger partial charge in [-0.05, 0) is 51.4 Å². The number of carbonyl (C=O) groups excluding carboxylic acids is 2. The van der Waals surface area contributed by atoms with Crippen LogP contribution in [0.5, 0.6) is 0 Å². The molecule has 3 N–H and O–H groups in total. The molecule has 0 aromatic rings. The average molecular weight is 896 g/mol. The van der Waals surface area contributed by atoms with E-state index in [-0.39, 0.29) is 32.1 Å². The van der Waals surface area contributed by atoms with E-state index in [0.717, 1.165) is 57.8 Å². The third-order valence-corrected chi connectivity index (χ3v) is 12.3. The summed E-state index contributed by atoms with van der Waals surface area (Å²) in [6, 6.07) is 0. The van der Waals surface area contributed by atoms with Gasteiger partial charge in [0.2, 0.25) is 5.91 Å². The maximum atomic E-state index is 12.2. The lowest BCUT2D eigenvalue weighted by Gasteiger charge is -2.15. The van der Waals surface area contributed by atoms with Crippen molar-refractivity contribution in [3.63, 3.8) is 0 Å². The van der Waals surface area contributed by atoms with Crippen LogP contribution < -0.4 is 5.32 Å². The summed E-state index contributed by atoms with van der Waals surface area (Å²) < 4.78 is 27.0. The first-order chi connectivity index (χ1) is 30.3. The van der Waals surface area contributed by atoms with Gasteiger partial charge in [0, 0.05) is 19.4 Å². The second kappa shape index (κ2) is 48.7. The van der Waals surface area contributed by atoms with E-state index >= 15 is 0 Å². The van der Waals surface area contributed by atoms with Gasteiger partial charge in [0.1, 0.15) is 12.7 Å². The van der Waals surface area contributed by atoms with Gasteiger partial charge in [0.25, 0.3) is 0 Å². The zero-order valence-electron chi connectivity index (χ0n) is 40.3.